The lowest BCUT2D eigenvalue weighted by molar-refractivity contribution is -0.127. The molecule has 1 aromatic rings. The van der Waals surface area contributed by atoms with Gasteiger partial charge in [-0.3, -0.25) is 9.59 Å². The number of carbonyl (C=O) groups excluding carboxylic acids is 2. The molecule has 7 heteroatoms. The topological polar surface area (TPSA) is 104 Å². The van der Waals surface area contributed by atoms with Gasteiger partial charge in [0.05, 0.1) is 6.61 Å². The fraction of sp³-hybridized carbons (Fsp3) is 0.533. The molecule has 1 aliphatic rings. The Labute approximate surface area is 129 Å². The number of carbonyl (C=O) groups is 2. The highest BCUT2D eigenvalue weighted by Crippen LogP contribution is 2.23. The van der Waals surface area contributed by atoms with Crippen LogP contribution >= 0.6 is 0 Å². The highest BCUT2D eigenvalue weighted by atomic mass is 16.5. The predicted octanol–water partition coefficient (Wildman–Crippen LogP) is 0.553. The van der Waals surface area contributed by atoms with Gasteiger partial charge in [-0.2, -0.15) is 0 Å². The van der Waals surface area contributed by atoms with Crippen molar-refractivity contribution in [2.24, 2.45) is 5.73 Å². The number of rotatable bonds is 5. The van der Waals surface area contributed by atoms with Gasteiger partial charge in [0.25, 0.3) is 5.91 Å². The van der Waals surface area contributed by atoms with E-state index in [1.807, 2.05) is 13.8 Å². The van der Waals surface area contributed by atoms with E-state index in [9.17, 15) is 9.59 Å². The van der Waals surface area contributed by atoms with Gasteiger partial charge in [0.1, 0.15) is 11.1 Å². The first kappa shape index (κ1) is 16.2. The normalized spacial score (nSPS) is 16.8. The molecule has 0 bridgehead atoms. The van der Waals surface area contributed by atoms with E-state index in [0.717, 1.165) is 5.69 Å². The summed E-state index contributed by atoms with van der Waals surface area (Å²) in [7, 11) is 0. The quantitative estimate of drug-likeness (QED) is 0.827. The van der Waals surface area contributed by atoms with Gasteiger partial charge in [0.15, 0.2) is 0 Å². The molecule has 2 amide bonds. The van der Waals surface area contributed by atoms with Crippen molar-refractivity contribution < 1.29 is 19.1 Å². The van der Waals surface area contributed by atoms with Crippen molar-refractivity contribution >= 4 is 11.8 Å². The van der Waals surface area contributed by atoms with E-state index in [2.05, 4.69) is 10.3 Å². The predicted molar refractivity (Wildman–Crippen MR) is 79.6 cm³/mol. The molecular weight excluding hydrogens is 286 g/mol. The van der Waals surface area contributed by atoms with E-state index < -0.39 is 17.4 Å². The van der Waals surface area contributed by atoms with Crippen LogP contribution in [0, 0.1) is 6.92 Å². The minimum atomic E-state index is -1.08. The fourth-order valence-electron chi connectivity index (χ4n) is 2.39. The summed E-state index contributed by atoms with van der Waals surface area (Å²) in [6, 6.07) is 3.36. The number of pyridine rings is 1. The molecular formula is C15H21N3O4. The largest absolute Gasteiger partial charge is 0.477 e. The summed E-state index contributed by atoms with van der Waals surface area (Å²) in [5.74, 6) is -0.717. The molecule has 1 aliphatic heterocycles. The monoisotopic (exact) mass is 307 g/mol. The maximum Gasteiger partial charge on any atom is 0.257 e. The zero-order valence-electron chi connectivity index (χ0n) is 12.8. The van der Waals surface area contributed by atoms with Crippen LogP contribution in [0.5, 0.6) is 5.88 Å². The number of ether oxygens (including phenoxy) is 2. The second kappa shape index (κ2) is 6.74. The van der Waals surface area contributed by atoms with E-state index >= 15 is 0 Å². The lowest BCUT2D eigenvalue weighted by Gasteiger charge is -2.35. The summed E-state index contributed by atoms with van der Waals surface area (Å²) in [5.41, 5.74) is 5.45. The summed E-state index contributed by atoms with van der Waals surface area (Å²) in [6.45, 7) is 4.79. The Kier molecular flexibility index (Phi) is 4.97. The van der Waals surface area contributed by atoms with Gasteiger partial charge < -0.3 is 20.5 Å². The van der Waals surface area contributed by atoms with E-state index in [1.54, 1.807) is 12.1 Å². The Hall–Kier alpha value is -2.15. The van der Waals surface area contributed by atoms with Gasteiger partial charge in [-0.15, -0.1) is 0 Å². The minimum absolute atomic E-state index is 0.256. The molecule has 2 rings (SSSR count). The first-order chi connectivity index (χ1) is 10.5. The van der Waals surface area contributed by atoms with E-state index in [1.165, 1.54) is 0 Å². The van der Waals surface area contributed by atoms with Crippen molar-refractivity contribution in [1.82, 2.24) is 10.3 Å². The summed E-state index contributed by atoms with van der Waals surface area (Å²) in [6.07, 6.45) is 0.717. The zero-order chi connectivity index (χ0) is 16.2. The van der Waals surface area contributed by atoms with Crippen LogP contribution in [-0.2, 0) is 9.53 Å². The number of hydrogen-bond donors (Lipinski definition) is 2. The second-order valence-electron chi connectivity index (χ2n) is 5.25. The molecule has 2 heterocycles. The molecule has 120 valence electrons. The summed E-state index contributed by atoms with van der Waals surface area (Å²) >= 11 is 0. The standard InChI is InChI=1S/C15H21N3O4/c1-3-22-13-11(5-4-10(2)17-13)12(19)18-15(14(16)20)6-8-21-9-7-15/h4-5H,3,6-9H2,1-2H3,(H2,16,20)(H,18,19). The van der Waals surface area contributed by atoms with Gasteiger partial charge in [0.2, 0.25) is 11.8 Å². The average molecular weight is 307 g/mol. The van der Waals surface area contributed by atoms with Crippen LogP contribution in [0.25, 0.3) is 0 Å². The third kappa shape index (κ3) is 3.36. The molecule has 0 radical (unpaired) electrons. The molecule has 0 unspecified atom stereocenters. The van der Waals surface area contributed by atoms with Crippen LogP contribution in [0.3, 0.4) is 0 Å². The van der Waals surface area contributed by atoms with Gasteiger partial charge in [-0.05, 0) is 26.0 Å². The molecule has 0 aromatic carbocycles. The Balaban J connectivity index is 2.25. The number of nitrogens with two attached hydrogens (primary N) is 1. The Morgan fingerprint density at radius 2 is 2.09 bits per heavy atom. The lowest BCUT2D eigenvalue weighted by atomic mass is 9.89. The zero-order valence-corrected chi connectivity index (χ0v) is 12.8. The molecule has 0 spiro atoms. The lowest BCUT2D eigenvalue weighted by Crippen LogP contribution is -2.60. The first-order valence-electron chi connectivity index (χ1n) is 7.29. The van der Waals surface area contributed by atoms with Crippen molar-refractivity contribution in [2.75, 3.05) is 19.8 Å². The second-order valence-corrected chi connectivity index (χ2v) is 5.25. The van der Waals surface area contributed by atoms with E-state index in [0.29, 0.717) is 38.2 Å². The maximum absolute atomic E-state index is 12.5. The van der Waals surface area contributed by atoms with Crippen molar-refractivity contribution in [2.45, 2.75) is 32.2 Å². The van der Waals surface area contributed by atoms with E-state index in [-0.39, 0.29) is 5.88 Å². The number of amides is 2. The van der Waals surface area contributed by atoms with Crippen molar-refractivity contribution in [3.05, 3.63) is 23.4 Å². The van der Waals surface area contributed by atoms with Gasteiger partial charge in [-0.25, -0.2) is 4.98 Å². The van der Waals surface area contributed by atoms with Gasteiger partial charge in [-0.1, -0.05) is 0 Å². The van der Waals surface area contributed by atoms with Crippen LogP contribution in [0.4, 0.5) is 0 Å². The summed E-state index contributed by atoms with van der Waals surface area (Å²) in [4.78, 5) is 28.6. The number of hydrogen-bond acceptors (Lipinski definition) is 5. The number of primary amides is 1. The summed E-state index contributed by atoms with van der Waals surface area (Å²) < 4.78 is 10.7. The molecule has 0 atom stereocenters. The van der Waals surface area contributed by atoms with Crippen molar-refractivity contribution in [3.63, 3.8) is 0 Å². The van der Waals surface area contributed by atoms with E-state index in [4.69, 9.17) is 15.2 Å². The molecule has 1 saturated heterocycles. The van der Waals surface area contributed by atoms with Crippen LogP contribution in [-0.4, -0.2) is 42.2 Å². The van der Waals surface area contributed by atoms with Crippen molar-refractivity contribution in [1.29, 1.82) is 0 Å². The Morgan fingerprint density at radius 1 is 1.41 bits per heavy atom. The molecule has 0 aliphatic carbocycles. The van der Waals surface area contributed by atoms with Crippen molar-refractivity contribution in [3.8, 4) is 5.88 Å². The smallest absolute Gasteiger partial charge is 0.257 e. The molecule has 22 heavy (non-hydrogen) atoms. The summed E-state index contributed by atoms with van der Waals surface area (Å²) in [5, 5.41) is 2.75. The molecule has 7 nitrogen and oxygen atoms in total. The number of nitrogens with one attached hydrogen (secondary N) is 1. The van der Waals surface area contributed by atoms with Crippen LogP contribution in [0.15, 0.2) is 12.1 Å². The molecule has 1 fully saturated rings. The van der Waals surface area contributed by atoms with Gasteiger partial charge in [0, 0.05) is 31.7 Å². The van der Waals surface area contributed by atoms with Crippen LogP contribution in [0.1, 0.15) is 35.8 Å². The highest BCUT2D eigenvalue weighted by Gasteiger charge is 2.40. The number of aryl methyl sites for hydroxylation is 1. The average Bonchev–Trinajstić information content (AvgIpc) is 2.48. The Bertz CT molecular complexity index is 568. The number of nitrogens with zero attached hydrogens (tertiary/aromatic N) is 1. The van der Waals surface area contributed by atoms with Gasteiger partial charge >= 0.3 is 0 Å². The molecule has 0 saturated carbocycles. The molecule has 1 aromatic heterocycles. The SMILES string of the molecule is CCOc1nc(C)ccc1C(=O)NC1(C(N)=O)CCOCC1. The number of aromatic nitrogens is 1. The fourth-order valence-corrected chi connectivity index (χ4v) is 2.39. The maximum atomic E-state index is 12.5. The van der Waals surface area contributed by atoms with Crippen LogP contribution in [0.2, 0.25) is 0 Å². The third-order valence-electron chi connectivity index (χ3n) is 3.70. The molecule has 3 N–H and O–H groups in total. The Morgan fingerprint density at radius 3 is 2.68 bits per heavy atom. The third-order valence-corrected chi connectivity index (χ3v) is 3.70. The van der Waals surface area contributed by atoms with Crippen LogP contribution < -0.4 is 15.8 Å². The minimum Gasteiger partial charge on any atom is -0.477 e. The first-order valence-corrected chi connectivity index (χ1v) is 7.29. The highest BCUT2D eigenvalue weighted by molar-refractivity contribution is 6.00.